The van der Waals surface area contributed by atoms with E-state index in [2.05, 4.69) is 34.2 Å². The van der Waals surface area contributed by atoms with E-state index in [0.717, 1.165) is 30.5 Å². The van der Waals surface area contributed by atoms with Gasteiger partial charge in [-0.3, -0.25) is 4.68 Å². The Balaban J connectivity index is 1.57. The maximum Gasteiger partial charge on any atom is 0.332 e. The van der Waals surface area contributed by atoms with Crippen LogP contribution in [0.4, 0.5) is 10.5 Å². The molecular formula is C21H29N5O2S. The molecule has 29 heavy (non-hydrogen) atoms. The Morgan fingerprint density at radius 1 is 1.24 bits per heavy atom. The number of fused-ring (bicyclic) bond motifs is 1. The lowest BCUT2D eigenvalue weighted by molar-refractivity contribution is 0.256. The van der Waals surface area contributed by atoms with E-state index >= 15 is 0 Å². The Bertz CT molecular complexity index is 1040. The molecule has 3 N–H and O–H groups in total. The van der Waals surface area contributed by atoms with Crippen LogP contribution >= 0.6 is 0 Å². The van der Waals surface area contributed by atoms with Crippen LogP contribution in [-0.2, 0) is 22.8 Å². The van der Waals surface area contributed by atoms with Gasteiger partial charge in [-0.15, -0.1) is 0 Å². The predicted octanol–water partition coefficient (Wildman–Crippen LogP) is 4.61. The van der Waals surface area contributed by atoms with Crippen molar-refractivity contribution in [2.45, 2.75) is 69.9 Å². The summed E-state index contributed by atoms with van der Waals surface area (Å²) >= 11 is 0. The van der Waals surface area contributed by atoms with Crippen molar-refractivity contribution in [1.82, 2.24) is 14.5 Å². The van der Waals surface area contributed by atoms with E-state index in [1.807, 2.05) is 13.8 Å². The van der Waals surface area contributed by atoms with Gasteiger partial charge in [0.25, 0.3) is 0 Å². The fourth-order valence-electron chi connectivity index (χ4n) is 4.15. The third kappa shape index (κ3) is 4.03. The Labute approximate surface area is 172 Å². The summed E-state index contributed by atoms with van der Waals surface area (Å²) in [4.78, 5) is 12.7. The van der Waals surface area contributed by atoms with Crippen LogP contribution in [0, 0.1) is 10.7 Å². The van der Waals surface area contributed by atoms with Crippen LogP contribution < -0.4 is 10.0 Å². The smallest absolute Gasteiger partial charge is 0.307 e. The second kappa shape index (κ2) is 7.48. The fraction of sp³-hybridized carbons (Fsp3) is 0.524. The van der Waals surface area contributed by atoms with E-state index in [1.54, 1.807) is 10.9 Å². The largest absolute Gasteiger partial charge is 0.332 e. The van der Waals surface area contributed by atoms with Gasteiger partial charge in [0, 0.05) is 17.9 Å². The van der Waals surface area contributed by atoms with Crippen LogP contribution in [0.1, 0.15) is 68.7 Å². The van der Waals surface area contributed by atoms with Gasteiger partial charge in [-0.2, -0.15) is 5.10 Å². The highest BCUT2D eigenvalue weighted by Crippen LogP contribution is 2.46. The highest BCUT2D eigenvalue weighted by atomic mass is 32.2. The Hall–Kier alpha value is -2.35. The van der Waals surface area contributed by atoms with E-state index in [-0.39, 0.29) is 11.1 Å². The minimum absolute atomic E-state index is 0.0613. The first-order valence-electron chi connectivity index (χ1n) is 10.3. The maximum absolute atomic E-state index is 12.8. The van der Waals surface area contributed by atoms with Crippen molar-refractivity contribution in [1.29, 1.82) is 4.78 Å². The summed E-state index contributed by atoms with van der Waals surface area (Å²) in [6.07, 6.45) is 7.16. The van der Waals surface area contributed by atoms with Gasteiger partial charge in [0.05, 0.1) is 0 Å². The van der Waals surface area contributed by atoms with Gasteiger partial charge in [-0.1, -0.05) is 19.1 Å². The van der Waals surface area contributed by atoms with E-state index in [4.69, 9.17) is 4.78 Å². The number of anilines is 1. The SMILES string of the molecule is CC(c1ccc2c(c1NC(=O)NS(=N)(=O)c1ccn(C(C)C)n1)CCC2)C1CC1. The molecule has 0 aliphatic heterocycles. The van der Waals surface area contributed by atoms with E-state index < -0.39 is 15.9 Å². The second-order valence-electron chi connectivity index (χ2n) is 8.49. The lowest BCUT2D eigenvalue weighted by Crippen LogP contribution is -2.34. The molecule has 2 atom stereocenters. The molecule has 8 heteroatoms. The molecule has 1 heterocycles. The number of urea groups is 1. The zero-order chi connectivity index (χ0) is 20.8. The van der Waals surface area contributed by atoms with Crippen LogP contribution in [0.25, 0.3) is 0 Å². The molecule has 4 rings (SSSR count). The van der Waals surface area contributed by atoms with Crippen molar-refractivity contribution in [3.05, 3.63) is 41.1 Å². The number of aryl methyl sites for hydroxylation is 1. The molecule has 1 aromatic carbocycles. The number of nitrogens with zero attached hydrogens (tertiary/aromatic N) is 2. The van der Waals surface area contributed by atoms with Gasteiger partial charge in [0.15, 0.2) is 14.9 Å². The zero-order valence-corrected chi connectivity index (χ0v) is 18.0. The van der Waals surface area contributed by atoms with Gasteiger partial charge in [-0.25, -0.2) is 18.5 Å². The fourth-order valence-corrected chi connectivity index (χ4v) is 5.02. The summed E-state index contributed by atoms with van der Waals surface area (Å²) in [5, 5.41) is 7.20. The summed E-state index contributed by atoms with van der Waals surface area (Å²) in [5.41, 5.74) is 4.45. The lowest BCUT2D eigenvalue weighted by Gasteiger charge is -2.20. The topological polar surface area (TPSA) is 99.9 Å². The first kappa shape index (κ1) is 19.9. The predicted molar refractivity (Wildman–Crippen MR) is 114 cm³/mol. The number of hydrogen-bond donors (Lipinski definition) is 3. The molecule has 2 amide bonds. The molecule has 7 nitrogen and oxygen atoms in total. The molecule has 1 fully saturated rings. The number of hydrogen-bond acceptors (Lipinski definition) is 4. The Morgan fingerprint density at radius 3 is 2.66 bits per heavy atom. The number of benzene rings is 1. The lowest BCUT2D eigenvalue weighted by atomic mass is 9.91. The minimum Gasteiger partial charge on any atom is -0.307 e. The Kier molecular flexibility index (Phi) is 5.14. The highest BCUT2D eigenvalue weighted by molar-refractivity contribution is 7.91. The Morgan fingerprint density at radius 2 is 2.00 bits per heavy atom. The van der Waals surface area contributed by atoms with E-state index in [1.165, 1.54) is 30.0 Å². The summed E-state index contributed by atoms with van der Waals surface area (Å²) in [7, 11) is -3.54. The molecule has 1 aromatic heterocycles. The number of carbonyl (C=O) groups is 1. The van der Waals surface area contributed by atoms with E-state index in [0.29, 0.717) is 11.8 Å². The van der Waals surface area contributed by atoms with Crippen molar-refractivity contribution in [2.75, 3.05) is 5.32 Å². The van der Waals surface area contributed by atoms with Gasteiger partial charge in [0.1, 0.15) is 0 Å². The zero-order valence-electron chi connectivity index (χ0n) is 17.2. The van der Waals surface area contributed by atoms with Crippen LogP contribution in [0.15, 0.2) is 29.4 Å². The number of amides is 2. The van der Waals surface area contributed by atoms with Crippen molar-refractivity contribution in [3.63, 3.8) is 0 Å². The van der Waals surface area contributed by atoms with E-state index in [9.17, 15) is 9.00 Å². The van der Waals surface area contributed by atoms with Crippen molar-refractivity contribution >= 4 is 21.6 Å². The van der Waals surface area contributed by atoms with Crippen molar-refractivity contribution < 1.29 is 9.00 Å². The number of carbonyl (C=O) groups excluding carboxylic acids is 1. The number of nitrogens with one attached hydrogen (secondary N) is 3. The molecule has 2 unspecified atom stereocenters. The molecule has 1 saturated carbocycles. The molecule has 2 aliphatic rings. The number of aromatic nitrogens is 2. The molecule has 0 bridgehead atoms. The van der Waals surface area contributed by atoms with Crippen LogP contribution in [0.3, 0.4) is 0 Å². The second-order valence-corrected chi connectivity index (χ2v) is 10.2. The number of rotatable bonds is 6. The summed E-state index contributed by atoms with van der Waals surface area (Å²) < 4.78 is 25.0. The molecule has 0 radical (unpaired) electrons. The molecule has 0 spiro atoms. The van der Waals surface area contributed by atoms with Gasteiger partial charge in [-0.05, 0) is 80.5 Å². The van der Waals surface area contributed by atoms with Gasteiger partial charge >= 0.3 is 6.03 Å². The first-order valence-corrected chi connectivity index (χ1v) is 11.9. The summed E-state index contributed by atoms with van der Waals surface area (Å²) in [5.74, 6) is 1.04. The van der Waals surface area contributed by atoms with Crippen LogP contribution in [0.5, 0.6) is 0 Å². The average molecular weight is 416 g/mol. The highest BCUT2D eigenvalue weighted by Gasteiger charge is 2.32. The third-order valence-electron chi connectivity index (χ3n) is 6.02. The first-order chi connectivity index (χ1) is 13.8. The molecule has 2 aliphatic carbocycles. The third-order valence-corrected chi connectivity index (χ3v) is 7.30. The summed E-state index contributed by atoms with van der Waals surface area (Å²) in [6.45, 7) is 6.10. The summed E-state index contributed by atoms with van der Waals surface area (Å²) in [6, 6.07) is 5.31. The molecule has 0 saturated heterocycles. The van der Waals surface area contributed by atoms with Gasteiger partial charge < -0.3 is 5.32 Å². The minimum atomic E-state index is -3.54. The average Bonchev–Trinajstić information content (AvgIpc) is 3.17. The van der Waals surface area contributed by atoms with Gasteiger partial charge in [0.2, 0.25) is 0 Å². The standard InChI is InChI=1S/C21H29N5O2S/c1-13(2)26-12-11-19(24-26)29(22,28)25-21(27)23-20-17(14(3)15-7-8-15)10-9-16-5-4-6-18(16)20/h9-15H,4-8H2,1-3H3,(H3,22,23,25,27,28). The van der Waals surface area contributed by atoms with Crippen LogP contribution in [-0.4, -0.2) is 20.0 Å². The normalized spacial score (nSPS) is 18.9. The monoisotopic (exact) mass is 415 g/mol. The van der Waals surface area contributed by atoms with Crippen molar-refractivity contribution in [3.8, 4) is 0 Å². The van der Waals surface area contributed by atoms with Crippen molar-refractivity contribution in [2.24, 2.45) is 5.92 Å². The van der Waals surface area contributed by atoms with Crippen LogP contribution in [0.2, 0.25) is 0 Å². The molecule has 2 aromatic rings. The quantitative estimate of drug-likeness (QED) is 0.642. The maximum atomic E-state index is 12.8. The molecule has 156 valence electrons. The molecular weight excluding hydrogens is 386 g/mol.